The third-order valence-corrected chi connectivity index (χ3v) is 2.12. The molecule has 0 aliphatic rings. The maximum absolute atomic E-state index is 13.3. The quantitative estimate of drug-likeness (QED) is 0.776. The van der Waals surface area contributed by atoms with Gasteiger partial charge in [0.25, 0.3) is 0 Å². The lowest BCUT2D eigenvalue weighted by atomic mass is 10.3. The van der Waals surface area contributed by atoms with Crippen LogP contribution in [-0.2, 0) is 11.3 Å². The van der Waals surface area contributed by atoms with E-state index in [1.165, 1.54) is 0 Å². The molecule has 0 aliphatic heterocycles. The predicted octanol–water partition coefficient (Wildman–Crippen LogP) is 0.382. The van der Waals surface area contributed by atoms with Crippen molar-refractivity contribution >= 4 is 22.9 Å². The van der Waals surface area contributed by atoms with Crippen LogP contribution < -0.4 is 11.5 Å². The molecule has 2 aromatic rings. The molecule has 0 radical (unpaired) electrons. The van der Waals surface area contributed by atoms with Gasteiger partial charge in [-0.05, 0) is 0 Å². The molecule has 0 bridgehead atoms. The van der Waals surface area contributed by atoms with E-state index in [4.69, 9.17) is 11.5 Å². The van der Waals surface area contributed by atoms with Crippen molar-refractivity contribution in [1.82, 2.24) is 9.55 Å². The molecule has 0 spiro atoms. The number of imidazole rings is 1. The van der Waals surface area contributed by atoms with Crippen LogP contribution >= 0.6 is 0 Å². The SMILES string of the molecule is NC(=O)Cn1c(N)nc2c(F)cc(F)cc21. The second kappa shape index (κ2) is 3.44. The van der Waals surface area contributed by atoms with E-state index in [1.807, 2.05) is 0 Å². The van der Waals surface area contributed by atoms with Gasteiger partial charge in [-0.2, -0.15) is 0 Å². The Morgan fingerprint density at radius 3 is 2.75 bits per heavy atom. The van der Waals surface area contributed by atoms with Gasteiger partial charge in [-0.25, -0.2) is 13.8 Å². The van der Waals surface area contributed by atoms with Gasteiger partial charge >= 0.3 is 0 Å². The van der Waals surface area contributed by atoms with Gasteiger partial charge in [-0.1, -0.05) is 0 Å². The number of carbonyl (C=O) groups excluding carboxylic acids is 1. The monoisotopic (exact) mass is 226 g/mol. The molecule has 0 saturated carbocycles. The second-order valence-electron chi connectivity index (χ2n) is 3.28. The highest BCUT2D eigenvalue weighted by Gasteiger charge is 2.14. The number of nitrogens with zero attached hydrogens (tertiary/aromatic N) is 2. The van der Waals surface area contributed by atoms with Gasteiger partial charge < -0.3 is 16.0 Å². The third-order valence-electron chi connectivity index (χ3n) is 2.12. The zero-order valence-electron chi connectivity index (χ0n) is 8.08. The number of aromatic nitrogens is 2. The summed E-state index contributed by atoms with van der Waals surface area (Å²) in [6, 6.07) is 1.74. The number of nitrogen functional groups attached to an aromatic ring is 1. The average molecular weight is 226 g/mol. The van der Waals surface area contributed by atoms with Crippen molar-refractivity contribution in [2.75, 3.05) is 5.73 Å². The molecule has 0 fully saturated rings. The molecule has 84 valence electrons. The normalized spacial score (nSPS) is 10.9. The van der Waals surface area contributed by atoms with Crippen LogP contribution in [0.1, 0.15) is 0 Å². The van der Waals surface area contributed by atoms with E-state index in [-0.39, 0.29) is 23.5 Å². The minimum Gasteiger partial charge on any atom is -0.369 e. The molecule has 2 rings (SSSR count). The molecular formula is C9H8F2N4O. The predicted molar refractivity (Wildman–Crippen MR) is 53.3 cm³/mol. The number of benzene rings is 1. The fraction of sp³-hybridized carbons (Fsp3) is 0.111. The van der Waals surface area contributed by atoms with Crippen LogP contribution in [0.3, 0.4) is 0 Å². The molecule has 7 heteroatoms. The number of hydrogen-bond acceptors (Lipinski definition) is 3. The summed E-state index contributed by atoms with van der Waals surface area (Å²) in [6.07, 6.45) is 0. The fourth-order valence-electron chi connectivity index (χ4n) is 1.49. The lowest BCUT2D eigenvalue weighted by Crippen LogP contribution is -2.19. The molecule has 0 saturated heterocycles. The van der Waals surface area contributed by atoms with Crippen molar-refractivity contribution in [2.45, 2.75) is 6.54 Å². The number of nitrogens with two attached hydrogens (primary N) is 2. The van der Waals surface area contributed by atoms with Crippen LogP contribution in [-0.4, -0.2) is 15.5 Å². The Labute approximate surface area is 88.7 Å². The van der Waals surface area contributed by atoms with Crippen LogP contribution in [0.25, 0.3) is 11.0 Å². The molecule has 0 atom stereocenters. The van der Waals surface area contributed by atoms with Crippen molar-refractivity contribution in [2.24, 2.45) is 5.73 Å². The first-order valence-corrected chi connectivity index (χ1v) is 4.38. The number of fused-ring (bicyclic) bond motifs is 1. The number of carbonyl (C=O) groups is 1. The van der Waals surface area contributed by atoms with Gasteiger partial charge in [-0.3, -0.25) is 4.79 Å². The molecule has 4 N–H and O–H groups in total. The minimum atomic E-state index is -0.829. The Kier molecular flexibility index (Phi) is 2.22. The molecule has 5 nitrogen and oxygen atoms in total. The summed E-state index contributed by atoms with van der Waals surface area (Å²) in [6.45, 7) is -0.273. The van der Waals surface area contributed by atoms with Crippen LogP contribution in [0.15, 0.2) is 12.1 Å². The number of amides is 1. The van der Waals surface area contributed by atoms with Gasteiger partial charge in [0, 0.05) is 12.1 Å². The number of primary amides is 1. The lowest BCUT2D eigenvalue weighted by Gasteiger charge is -2.02. The van der Waals surface area contributed by atoms with Crippen LogP contribution in [0.5, 0.6) is 0 Å². The second-order valence-corrected chi connectivity index (χ2v) is 3.28. The third kappa shape index (κ3) is 1.56. The van der Waals surface area contributed by atoms with Crippen molar-refractivity contribution in [3.8, 4) is 0 Å². The van der Waals surface area contributed by atoms with Gasteiger partial charge in [0.15, 0.2) is 5.82 Å². The zero-order chi connectivity index (χ0) is 11.9. The zero-order valence-corrected chi connectivity index (χ0v) is 8.08. The Balaban J connectivity index is 2.73. The smallest absolute Gasteiger partial charge is 0.237 e. The highest BCUT2D eigenvalue weighted by Crippen LogP contribution is 2.21. The average Bonchev–Trinajstić information content (AvgIpc) is 2.45. The van der Waals surface area contributed by atoms with Crippen molar-refractivity contribution in [1.29, 1.82) is 0 Å². The maximum Gasteiger partial charge on any atom is 0.237 e. The first-order valence-electron chi connectivity index (χ1n) is 4.38. The first-order chi connectivity index (χ1) is 7.49. The molecule has 1 aromatic heterocycles. The Hall–Kier alpha value is -2.18. The summed E-state index contributed by atoms with van der Waals surface area (Å²) in [5, 5.41) is 0. The number of halogens is 2. The van der Waals surface area contributed by atoms with Crippen molar-refractivity contribution < 1.29 is 13.6 Å². The Morgan fingerprint density at radius 1 is 1.44 bits per heavy atom. The Bertz CT molecular complexity index is 578. The van der Waals surface area contributed by atoms with Gasteiger partial charge in [0.1, 0.15) is 17.9 Å². The van der Waals surface area contributed by atoms with Crippen LogP contribution in [0.2, 0.25) is 0 Å². The van der Waals surface area contributed by atoms with E-state index in [9.17, 15) is 13.6 Å². The van der Waals surface area contributed by atoms with Crippen LogP contribution in [0.4, 0.5) is 14.7 Å². The minimum absolute atomic E-state index is 0.0832. The first kappa shape index (κ1) is 10.3. The van der Waals surface area contributed by atoms with E-state index < -0.39 is 17.5 Å². The summed E-state index contributed by atoms with van der Waals surface area (Å²) >= 11 is 0. The number of hydrogen-bond donors (Lipinski definition) is 2. The molecule has 16 heavy (non-hydrogen) atoms. The Morgan fingerprint density at radius 2 is 2.12 bits per heavy atom. The number of rotatable bonds is 2. The van der Waals surface area contributed by atoms with Crippen LogP contribution in [0, 0.1) is 11.6 Å². The molecule has 0 unspecified atom stereocenters. The molecular weight excluding hydrogens is 218 g/mol. The highest BCUT2D eigenvalue weighted by molar-refractivity contribution is 5.82. The van der Waals surface area contributed by atoms with E-state index in [2.05, 4.69) is 4.98 Å². The molecule has 1 amide bonds. The molecule has 1 aromatic carbocycles. The van der Waals surface area contributed by atoms with Gasteiger partial charge in [0.2, 0.25) is 11.9 Å². The molecule has 0 aliphatic carbocycles. The highest BCUT2D eigenvalue weighted by atomic mass is 19.1. The van der Waals surface area contributed by atoms with E-state index in [1.54, 1.807) is 0 Å². The lowest BCUT2D eigenvalue weighted by molar-refractivity contribution is -0.118. The topological polar surface area (TPSA) is 86.9 Å². The molecule has 1 heterocycles. The maximum atomic E-state index is 13.3. The van der Waals surface area contributed by atoms with Crippen molar-refractivity contribution in [3.05, 3.63) is 23.8 Å². The van der Waals surface area contributed by atoms with Gasteiger partial charge in [-0.15, -0.1) is 0 Å². The summed E-state index contributed by atoms with van der Waals surface area (Å²) in [5.74, 6) is -2.35. The fourth-order valence-corrected chi connectivity index (χ4v) is 1.49. The van der Waals surface area contributed by atoms with E-state index in [0.29, 0.717) is 6.07 Å². The summed E-state index contributed by atoms with van der Waals surface area (Å²) in [4.78, 5) is 14.5. The van der Waals surface area contributed by atoms with Crippen molar-refractivity contribution in [3.63, 3.8) is 0 Å². The van der Waals surface area contributed by atoms with Gasteiger partial charge in [0.05, 0.1) is 5.52 Å². The van der Waals surface area contributed by atoms with E-state index in [0.717, 1.165) is 10.6 Å². The standard InChI is InChI=1S/C9H8F2N4O/c10-4-1-5(11)8-6(2-4)15(3-7(12)16)9(13)14-8/h1-2H,3H2,(H2,12,16)(H2,13,14). The number of anilines is 1. The largest absolute Gasteiger partial charge is 0.369 e. The summed E-state index contributed by atoms with van der Waals surface area (Å²) in [5.41, 5.74) is 10.5. The van der Waals surface area contributed by atoms with E-state index >= 15 is 0 Å². The summed E-state index contributed by atoms with van der Waals surface area (Å²) < 4.78 is 27.4. The summed E-state index contributed by atoms with van der Waals surface area (Å²) in [7, 11) is 0.